The van der Waals surface area contributed by atoms with Crippen LogP contribution in [0.15, 0.2) is 60.8 Å². The molecule has 1 fully saturated rings. The third-order valence-electron chi connectivity index (χ3n) is 8.83. The van der Waals surface area contributed by atoms with Crippen molar-refractivity contribution in [3.05, 3.63) is 60.8 Å². The molecule has 0 aliphatic carbocycles. The molecule has 1 saturated heterocycles. The minimum Gasteiger partial charge on any atom is -0.347 e. The van der Waals surface area contributed by atoms with E-state index in [0.717, 1.165) is 70.5 Å². The number of allylic oxidation sites excluding steroid dienone is 10. The molecule has 0 saturated carbocycles. The predicted molar refractivity (Wildman–Crippen MR) is 207 cm³/mol. The second kappa shape index (κ2) is 31.5. The zero-order valence-corrected chi connectivity index (χ0v) is 32.2. The van der Waals surface area contributed by atoms with Crippen LogP contribution >= 0.6 is 0 Å². The molecule has 0 amide bonds. The Kier molecular flexibility index (Phi) is 29.2. The molecule has 1 heterocycles. The molecule has 5 nitrogen and oxygen atoms in total. The average molecular weight is 691 g/mol. The van der Waals surface area contributed by atoms with Crippen LogP contribution in [0.5, 0.6) is 0 Å². The quantitative estimate of drug-likeness (QED) is 0.0390. The summed E-state index contributed by atoms with van der Waals surface area (Å²) in [6.45, 7) is 5.15. The van der Waals surface area contributed by atoms with Gasteiger partial charge in [0.25, 0.3) is 10.1 Å². The van der Waals surface area contributed by atoms with Gasteiger partial charge in [0.05, 0.1) is 25.6 Å². The maximum atomic E-state index is 11.4. The molecule has 1 aliphatic rings. The molecule has 48 heavy (non-hydrogen) atoms. The summed E-state index contributed by atoms with van der Waals surface area (Å²) in [5.74, 6) is -0.541. The van der Waals surface area contributed by atoms with E-state index < -0.39 is 15.9 Å². The topological polar surface area (TPSA) is 61.8 Å². The van der Waals surface area contributed by atoms with Gasteiger partial charge in [0.1, 0.15) is 0 Å². The van der Waals surface area contributed by atoms with Crippen LogP contribution in [0.1, 0.15) is 174 Å². The van der Waals surface area contributed by atoms with Crippen LogP contribution in [0.4, 0.5) is 0 Å². The second-order valence-corrected chi connectivity index (χ2v) is 15.2. The molecule has 278 valence electrons. The average Bonchev–Trinajstić information content (AvgIpc) is 3.46. The summed E-state index contributed by atoms with van der Waals surface area (Å²) in [6.07, 6.45) is 52.8. The normalized spacial score (nSPS) is 19.1. The molecule has 0 N–H and O–H groups in total. The van der Waals surface area contributed by atoms with Gasteiger partial charge in [-0.25, -0.2) is 0 Å². The molecule has 0 aromatic heterocycles. The minimum absolute atomic E-state index is 0.112. The van der Waals surface area contributed by atoms with E-state index in [2.05, 4.69) is 74.6 Å². The van der Waals surface area contributed by atoms with E-state index in [1.165, 1.54) is 89.9 Å². The highest BCUT2D eigenvalue weighted by Gasteiger charge is 2.40. The maximum absolute atomic E-state index is 11.4. The highest BCUT2D eigenvalue weighted by atomic mass is 32.2. The van der Waals surface area contributed by atoms with E-state index in [4.69, 9.17) is 13.7 Å². The fourth-order valence-corrected chi connectivity index (χ4v) is 6.34. The Morgan fingerprint density at radius 2 is 0.979 bits per heavy atom. The van der Waals surface area contributed by atoms with Crippen LogP contribution in [-0.4, -0.2) is 39.8 Å². The first-order valence-electron chi connectivity index (χ1n) is 19.8. The maximum Gasteiger partial charge on any atom is 0.264 e. The Morgan fingerprint density at radius 3 is 1.42 bits per heavy atom. The highest BCUT2D eigenvalue weighted by molar-refractivity contribution is 7.85. The van der Waals surface area contributed by atoms with Crippen LogP contribution < -0.4 is 0 Å². The fraction of sp³-hybridized carbons (Fsp3) is 0.762. The van der Waals surface area contributed by atoms with Crippen LogP contribution in [0, 0.1) is 0 Å². The zero-order chi connectivity index (χ0) is 34.9. The van der Waals surface area contributed by atoms with Crippen LogP contribution in [0.2, 0.25) is 0 Å². The van der Waals surface area contributed by atoms with Crippen molar-refractivity contribution in [3.63, 3.8) is 0 Å². The van der Waals surface area contributed by atoms with Crippen molar-refractivity contribution in [2.45, 2.75) is 186 Å². The molecule has 0 bridgehead atoms. The van der Waals surface area contributed by atoms with E-state index in [-0.39, 0.29) is 12.7 Å². The molecule has 0 aromatic carbocycles. The van der Waals surface area contributed by atoms with Crippen molar-refractivity contribution in [2.24, 2.45) is 0 Å². The first-order chi connectivity index (χ1) is 23.4. The summed E-state index contributed by atoms with van der Waals surface area (Å²) >= 11 is 0. The number of ether oxygens (including phenoxy) is 2. The van der Waals surface area contributed by atoms with Gasteiger partial charge in [-0.1, -0.05) is 113 Å². The third-order valence-corrected chi connectivity index (χ3v) is 9.42. The Labute approximate surface area is 297 Å². The number of hydrogen-bond acceptors (Lipinski definition) is 5. The van der Waals surface area contributed by atoms with Gasteiger partial charge in [0.2, 0.25) is 0 Å². The van der Waals surface area contributed by atoms with E-state index in [1.807, 2.05) is 0 Å². The summed E-state index contributed by atoms with van der Waals surface area (Å²) in [6, 6.07) is 0. The molecule has 0 spiro atoms. The lowest BCUT2D eigenvalue weighted by Gasteiger charge is -2.28. The number of unbranched alkanes of at least 4 members (excludes halogenated alkanes) is 15. The van der Waals surface area contributed by atoms with Crippen molar-refractivity contribution in [1.82, 2.24) is 0 Å². The van der Waals surface area contributed by atoms with Crippen LogP contribution in [0.3, 0.4) is 0 Å². The van der Waals surface area contributed by atoms with Crippen molar-refractivity contribution in [3.8, 4) is 0 Å². The second-order valence-electron chi connectivity index (χ2n) is 13.6. The standard InChI is InChI=1S/C42H74O5S/c1-4-6-8-10-12-14-16-18-20-22-24-26-28-30-32-34-37-42(45-40-41(47-42)36-39-46-48(3,43)44)38-35-33-31-29-27-25-23-21-19-17-15-13-11-9-7-5-2/h12-15,18,20,24-27,41H,4-11,16-17,19,21-23,28-40H2,1-3H3/b14-12-,15-13-,20-18-,26-24-,27-25-. The zero-order valence-electron chi connectivity index (χ0n) is 31.4. The van der Waals surface area contributed by atoms with Gasteiger partial charge < -0.3 is 9.47 Å². The van der Waals surface area contributed by atoms with Crippen molar-refractivity contribution < 1.29 is 22.1 Å². The van der Waals surface area contributed by atoms with E-state index in [1.54, 1.807) is 0 Å². The summed E-state index contributed by atoms with van der Waals surface area (Å²) in [4.78, 5) is 0. The van der Waals surface area contributed by atoms with Gasteiger partial charge in [0, 0.05) is 19.3 Å². The van der Waals surface area contributed by atoms with Gasteiger partial charge in [-0.2, -0.15) is 8.42 Å². The molecule has 0 radical (unpaired) electrons. The van der Waals surface area contributed by atoms with Crippen molar-refractivity contribution >= 4 is 10.1 Å². The molecule has 2 unspecified atom stereocenters. The summed E-state index contributed by atoms with van der Waals surface area (Å²) < 4.78 is 40.5. The molecule has 1 rings (SSSR count). The van der Waals surface area contributed by atoms with Crippen LogP contribution in [-0.2, 0) is 23.8 Å². The first-order valence-corrected chi connectivity index (χ1v) is 21.6. The molecule has 1 aliphatic heterocycles. The first kappa shape index (κ1) is 44.6. The molecule has 2 atom stereocenters. The Balaban J connectivity index is 2.28. The van der Waals surface area contributed by atoms with Crippen LogP contribution in [0.25, 0.3) is 0 Å². The van der Waals surface area contributed by atoms with E-state index in [9.17, 15) is 8.42 Å². The summed E-state index contributed by atoms with van der Waals surface area (Å²) in [5.41, 5.74) is 0. The minimum atomic E-state index is -3.44. The molecular formula is C42H74O5S. The smallest absolute Gasteiger partial charge is 0.264 e. The van der Waals surface area contributed by atoms with Crippen molar-refractivity contribution in [2.75, 3.05) is 19.5 Å². The summed E-state index contributed by atoms with van der Waals surface area (Å²) in [7, 11) is -3.44. The lowest BCUT2D eigenvalue weighted by Crippen LogP contribution is -2.31. The molecule has 6 heteroatoms. The largest absolute Gasteiger partial charge is 0.347 e. The third kappa shape index (κ3) is 28.4. The number of rotatable bonds is 33. The number of hydrogen-bond donors (Lipinski definition) is 0. The van der Waals surface area contributed by atoms with Gasteiger partial charge in [-0.3, -0.25) is 4.18 Å². The van der Waals surface area contributed by atoms with Gasteiger partial charge >= 0.3 is 0 Å². The Bertz CT molecular complexity index is 980. The van der Waals surface area contributed by atoms with Gasteiger partial charge in [0.15, 0.2) is 5.79 Å². The fourth-order valence-electron chi connectivity index (χ4n) is 5.94. The monoisotopic (exact) mass is 691 g/mol. The predicted octanol–water partition coefficient (Wildman–Crippen LogP) is 12.6. The lowest BCUT2D eigenvalue weighted by molar-refractivity contribution is -0.180. The van der Waals surface area contributed by atoms with Gasteiger partial charge in [-0.15, -0.1) is 0 Å². The van der Waals surface area contributed by atoms with E-state index >= 15 is 0 Å². The SMILES string of the molecule is CCCCC/C=C\C/C=C\C/C=C\CCCCCC1(CCCCC/C=C\CCCC/C=C\CCCCC)OCC(CCOS(C)(=O)=O)O1. The summed E-state index contributed by atoms with van der Waals surface area (Å²) in [5, 5.41) is 0. The molecule has 0 aromatic rings. The molecular weight excluding hydrogens is 617 g/mol. The highest BCUT2D eigenvalue weighted by Crippen LogP contribution is 2.35. The Hall–Kier alpha value is -1.47. The van der Waals surface area contributed by atoms with Crippen molar-refractivity contribution in [1.29, 1.82) is 0 Å². The Morgan fingerprint density at radius 1 is 0.583 bits per heavy atom. The lowest BCUT2D eigenvalue weighted by atomic mass is 9.99. The van der Waals surface area contributed by atoms with E-state index in [0.29, 0.717) is 13.0 Å². The van der Waals surface area contributed by atoms with Gasteiger partial charge in [-0.05, 0) is 103 Å².